The summed E-state index contributed by atoms with van der Waals surface area (Å²) < 4.78 is 5.26. The summed E-state index contributed by atoms with van der Waals surface area (Å²) in [7, 11) is 1.67. The quantitative estimate of drug-likeness (QED) is 0.293. The van der Waals surface area contributed by atoms with Crippen molar-refractivity contribution in [2.24, 2.45) is 0 Å². The third-order valence-electron chi connectivity index (χ3n) is 8.52. The van der Waals surface area contributed by atoms with Crippen molar-refractivity contribution in [3.05, 3.63) is 99.4 Å². The van der Waals surface area contributed by atoms with E-state index in [0.717, 1.165) is 59.8 Å². The number of methoxy groups -OCH3 is 1. The van der Waals surface area contributed by atoms with E-state index in [-0.39, 0.29) is 17.9 Å². The fourth-order valence-electron chi connectivity index (χ4n) is 6.21. The minimum atomic E-state index is 0.0458. The van der Waals surface area contributed by atoms with E-state index in [1.807, 2.05) is 71.6 Å². The third kappa shape index (κ3) is 6.32. The molecular formula is C34H36ClN3O3S. The van der Waals surface area contributed by atoms with Gasteiger partial charge in [-0.15, -0.1) is 11.8 Å². The average molecular weight is 602 g/mol. The second-order valence-corrected chi connectivity index (χ2v) is 12.9. The van der Waals surface area contributed by atoms with Crippen molar-refractivity contribution in [3.63, 3.8) is 0 Å². The summed E-state index contributed by atoms with van der Waals surface area (Å²) in [6.07, 6.45) is 6.51. The molecule has 2 amide bonds. The summed E-state index contributed by atoms with van der Waals surface area (Å²) >= 11 is 7.97. The first-order valence-corrected chi connectivity index (χ1v) is 16.0. The van der Waals surface area contributed by atoms with E-state index < -0.39 is 0 Å². The first-order valence-electron chi connectivity index (χ1n) is 14.7. The molecule has 0 spiro atoms. The van der Waals surface area contributed by atoms with Gasteiger partial charge in [0.1, 0.15) is 5.75 Å². The molecule has 0 aromatic heterocycles. The van der Waals surface area contributed by atoms with Gasteiger partial charge >= 0.3 is 0 Å². The fourth-order valence-corrected chi connectivity index (χ4v) is 7.90. The van der Waals surface area contributed by atoms with Gasteiger partial charge in [0.2, 0.25) is 0 Å². The Labute approximate surface area is 257 Å². The predicted molar refractivity (Wildman–Crippen MR) is 171 cm³/mol. The van der Waals surface area contributed by atoms with Crippen molar-refractivity contribution in [3.8, 4) is 5.75 Å². The molecule has 8 heteroatoms. The Hall–Kier alpha value is -3.42. The molecule has 0 N–H and O–H groups in total. The monoisotopic (exact) mass is 601 g/mol. The molecule has 6 nitrogen and oxygen atoms in total. The number of nitrogens with zero attached hydrogens (tertiary/aromatic N) is 3. The summed E-state index contributed by atoms with van der Waals surface area (Å²) in [6, 6.07) is 23.8. The van der Waals surface area contributed by atoms with Crippen LogP contribution in [-0.2, 0) is 11.3 Å². The lowest BCUT2D eigenvalue weighted by molar-refractivity contribution is -0.130. The SMILES string of the molecule is COc1ccc(N2CCN(C(=O)c3ccc(/C=C4/SC5CCCCC5N(Cc5cccc(Cl)c5)C4=O)cc3)CC2)cc1. The second-order valence-electron chi connectivity index (χ2n) is 11.2. The molecule has 218 valence electrons. The maximum atomic E-state index is 13.7. The van der Waals surface area contributed by atoms with E-state index >= 15 is 0 Å². The third-order valence-corrected chi connectivity index (χ3v) is 10.2. The highest BCUT2D eigenvalue weighted by Crippen LogP contribution is 2.42. The van der Waals surface area contributed by atoms with Gasteiger partial charge in [0.25, 0.3) is 11.8 Å². The lowest BCUT2D eigenvalue weighted by Crippen LogP contribution is -2.50. The van der Waals surface area contributed by atoms with Crippen LogP contribution in [0.3, 0.4) is 0 Å². The first kappa shape index (κ1) is 28.7. The predicted octanol–water partition coefficient (Wildman–Crippen LogP) is 6.74. The summed E-state index contributed by atoms with van der Waals surface area (Å²) in [5.41, 5.74) is 3.80. The second kappa shape index (κ2) is 12.8. The molecule has 6 rings (SSSR count). The molecule has 1 saturated carbocycles. The van der Waals surface area contributed by atoms with Crippen LogP contribution in [0.5, 0.6) is 5.75 Å². The maximum Gasteiger partial charge on any atom is 0.260 e. The minimum Gasteiger partial charge on any atom is -0.497 e. The Balaban J connectivity index is 1.12. The number of ether oxygens (including phenoxy) is 1. The number of hydrogen-bond acceptors (Lipinski definition) is 5. The normalized spacial score (nSPS) is 21.8. The van der Waals surface area contributed by atoms with Crippen molar-refractivity contribution in [1.29, 1.82) is 0 Å². The molecule has 1 aliphatic carbocycles. The van der Waals surface area contributed by atoms with Crippen molar-refractivity contribution >= 4 is 46.9 Å². The van der Waals surface area contributed by atoms with E-state index in [0.29, 0.717) is 35.5 Å². The Bertz CT molecular complexity index is 1450. The molecule has 42 heavy (non-hydrogen) atoms. The van der Waals surface area contributed by atoms with Gasteiger partial charge in [-0.1, -0.05) is 48.7 Å². The molecule has 2 aliphatic heterocycles. The van der Waals surface area contributed by atoms with Crippen molar-refractivity contribution < 1.29 is 14.3 Å². The summed E-state index contributed by atoms with van der Waals surface area (Å²) in [5, 5.41) is 1.09. The highest BCUT2D eigenvalue weighted by molar-refractivity contribution is 8.04. The van der Waals surface area contributed by atoms with Gasteiger partial charge < -0.3 is 19.4 Å². The Morgan fingerprint density at radius 2 is 1.71 bits per heavy atom. The zero-order chi connectivity index (χ0) is 29.1. The smallest absolute Gasteiger partial charge is 0.260 e. The number of fused-ring (bicyclic) bond motifs is 1. The van der Waals surface area contributed by atoms with Crippen LogP contribution in [0.4, 0.5) is 5.69 Å². The minimum absolute atomic E-state index is 0.0458. The van der Waals surface area contributed by atoms with E-state index in [2.05, 4.69) is 21.9 Å². The highest BCUT2D eigenvalue weighted by Gasteiger charge is 2.40. The van der Waals surface area contributed by atoms with Gasteiger partial charge in [0.15, 0.2) is 0 Å². The first-order chi connectivity index (χ1) is 20.5. The van der Waals surface area contributed by atoms with Crippen LogP contribution in [0, 0.1) is 0 Å². The lowest BCUT2D eigenvalue weighted by Gasteiger charge is -2.44. The van der Waals surface area contributed by atoms with Crippen LogP contribution < -0.4 is 9.64 Å². The van der Waals surface area contributed by atoms with Crippen LogP contribution in [-0.4, -0.2) is 66.2 Å². The molecule has 2 unspecified atom stereocenters. The van der Waals surface area contributed by atoms with Crippen molar-refractivity contribution in [1.82, 2.24) is 9.80 Å². The molecule has 0 radical (unpaired) electrons. The van der Waals surface area contributed by atoms with Gasteiger partial charge in [-0.3, -0.25) is 9.59 Å². The largest absolute Gasteiger partial charge is 0.497 e. The molecule has 2 saturated heterocycles. The lowest BCUT2D eigenvalue weighted by atomic mass is 9.92. The van der Waals surface area contributed by atoms with Crippen molar-refractivity contribution in [2.75, 3.05) is 38.2 Å². The van der Waals surface area contributed by atoms with E-state index in [9.17, 15) is 9.59 Å². The number of benzene rings is 3. The molecule has 3 fully saturated rings. The van der Waals surface area contributed by atoms with E-state index in [1.54, 1.807) is 18.9 Å². The molecular weight excluding hydrogens is 566 g/mol. The van der Waals surface area contributed by atoms with Crippen LogP contribution >= 0.6 is 23.4 Å². The molecule has 3 aromatic carbocycles. The fraction of sp³-hybridized carbons (Fsp3) is 0.353. The van der Waals surface area contributed by atoms with Gasteiger partial charge in [0.05, 0.1) is 12.0 Å². The van der Waals surface area contributed by atoms with E-state index in [4.69, 9.17) is 16.3 Å². The number of piperazine rings is 1. The summed E-state index contributed by atoms with van der Waals surface area (Å²) in [4.78, 5) is 34.1. The zero-order valence-electron chi connectivity index (χ0n) is 23.9. The standard InChI is InChI=1S/C34H36ClN3O3S/c1-41-29-15-13-28(14-16-29)36-17-19-37(20-18-36)33(39)26-11-9-24(10-12-26)22-32-34(40)38(23-25-5-4-6-27(35)21-25)30-7-2-3-8-31(30)42-32/h4-6,9-16,21-22,30-31H,2-3,7-8,17-20,23H2,1H3/b32-22+. The van der Waals surface area contributed by atoms with Crippen LogP contribution in [0.15, 0.2) is 77.7 Å². The molecule has 0 bridgehead atoms. The number of hydrogen-bond donors (Lipinski definition) is 0. The number of halogens is 1. The van der Waals surface area contributed by atoms with Crippen LogP contribution in [0.25, 0.3) is 6.08 Å². The number of amides is 2. The van der Waals surface area contributed by atoms with E-state index in [1.165, 1.54) is 6.42 Å². The topological polar surface area (TPSA) is 53.1 Å². The van der Waals surface area contributed by atoms with Gasteiger partial charge in [-0.25, -0.2) is 0 Å². The summed E-state index contributed by atoms with van der Waals surface area (Å²) in [5.74, 6) is 0.966. The van der Waals surface area contributed by atoms with Gasteiger partial charge in [-0.2, -0.15) is 0 Å². The average Bonchev–Trinajstić information content (AvgIpc) is 3.03. The maximum absolute atomic E-state index is 13.7. The number of carbonyl (C=O) groups is 2. The Morgan fingerprint density at radius 1 is 0.976 bits per heavy atom. The Morgan fingerprint density at radius 3 is 2.43 bits per heavy atom. The van der Waals surface area contributed by atoms with Crippen molar-refractivity contribution in [2.45, 2.75) is 43.5 Å². The van der Waals surface area contributed by atoms with Crippen LogP contribution in [0.1, 0.15) is 47.2 Å². The number of carbonyl (C=O) groups excluding carboxylic acids is 2. The number of anilines is 1. The number of rotatable bonds is 6. The molecule has 3 aromatic rings. The zero-order valence-corrected chi connectivity index (χ0v) is 25.4. The molecule has 3 aliphatic rings. The Kier molecular flexibility index (Phi) is 8.77. The molecule has 2 heterocycles. The van der Waals surface area contributed by atoms with Crippen LogP contribution in [0.2, 0.25) is 5.02 Å². The van der Waals surface area contributed by atoms with Gasteiger partial charge in [-0.05, 0) is 78.6 Å². The summed E-state index contributed by atoms with van der Waals surface area (Å²) in [6.45, 7) is 3.49. The number of thioether (sulfide) groups is 1. The van der Waals surface area contributed by atoms with Gasteiger partial charge in [0, 0.05) is 60.3 Å². The molecule has 2 atom stereocenters. The highest BCUT2D eigenvalue weighted by atomic mass is 35.5.